The number of nitrogens with one attached hydrogen (secondary N) is 1. The van der Waals surface area contributed by atoms with Crippen LogP contribution in [0.2, 0.25) is 5.02 Å². The van der Waals surface area contributed by atoms with E-state index in [1.165, 1.54) is 11.1 Å². The molecular formula is C18H22ClNO. The average Bonchev–Trinajstić information content (AvgIpc) is 2.47. The van der Waals surface area contributed by atoms with Gasteiger partial charge in [-0.3, -0.25) is 0 Å². The molecule has 2 aromatic carbocycles. The maximum atomic E-state index is 5.95. The summed E-state index contributed by atoms with van der Waals surface area (Å²) in [6.07, 6.45) is 0.920. The van der Waals surface area contributed by atoms with E-state index in [1.807, 2.05) is 24.3 Å². The minimum Gasteiger partial charge on any atom is -0.494 e. The first-order chi connectivity index (χ1) is 10.2. The van der Waals surface area contributed by atoms with Crippen molar-refractivity contribution in [2.75, 3.05) is 13.2 Å². The molecule has 0 saturated heterocycles. The molecule has 1 unspecified atom stereocenters. The van der Waals surface area contributed by atoms with E-state index < -0.39 is 0 Å². The van der Waals surface area contributed by atoms with Crippen LogP contribution >= 0.6 is 11.6 Å². The Bertz CT molecular complexity index is 553. The first kappa shape index (κ1) is 15.9. The van der Waals surface area contributed by atoms with Gasteiger partial charge in [-0.15, -0.1) is 0 Å². The van der Waals surface area contributed by atoms with Gasteiger partial charge in [0, 0.05) is 17.5 Å². The molecule has 0 aliphatic rings. The lowest BCUT2D eigenvalue weighted by Crippen LogP contribution is -2.22. The van der Waals surface area contributed by atoms with Gasteiger partial charge in [-0.05, 0) is 48.9 Å². The van der Waals surface area contributed by atoms with Gasteiger partial charge in [0.1, 0.15) is 5.75 Å². The Hall–Kier alpha value is -1.51. The van der Waals surface area contributed by atoms with Crippen molar-refractivity contribution in [2.24, 2.45) is 0 Å². The molecule has 0 amide bonds. The number of ether oxygens (including phenoxy) is 1. The predicted octanol–water partition coefficient (Wildman–Crippen LogP) is 4.77. The van der Waals surface area contributed by atoms with Crippen LogP contribution < -0.4 is 10.1 Å². The lowest BCUT2D eigenvalue weighted by molar-refractivity contribution is 0.287. The number of benzene rings is 2. The van der Waals surface area contributed by atoms with E-state index in [9.17, 15) is 0 Å². The lowest BCUT2D eigenvalue weighted by Gasteiger charge is -2.19. The van der Waals surface area contributed by atoms with E-state index in [4.69, 9.17) is 16.3 Å². The van der Waals surface area contributed by atoms with Gasteiger partial charge in [0.25, 0.3) is 0 Å². The average molecular weight is 304 g/mol. The molecule has 0 heterocycles. The van der Waals surface area contributed by atoms with Gasteiger partial charge in [0.05, 0.1) is 6.61 Å². The molecule has 0 bridgehead atoms. The highest BCUT2D eigenvalue weighted by molar-refractivity contribution is 6.30. The fraction of sp³-hybridized carbons (Fsp3) is 0.333. The van der Waals surface area contributed by atoms with Crippen molar-refractivity contribution in [1.29, 1.82) is 0 Å². The van der Waals surface area contributed by atoms with E-state index in [1.54, 1.807) is 0 Å². The summed E-state index contributed by atoms with van der Waals surface area (Å²) >= 11 is 5.95. The van der Waals surface area contributed by atoms with Crippen molar-refractivity contribution in [1.82, 2.24) is 5.32 Å². The molecule has 21 heavy (non-hydrogen) atoms. The second-order valence-electron chi connectivity index (χ2n) is 5.12. The summed E-state index contributed by atoms with van der Waals surface area (Å²) in [6.45, 7) is 5.80. The monoisotopic (exact) mass is 303 g/mol. The first-order valence-electron chi connectivity index (χ1n) is 7.37. The lowest BCUT2D eigenvalue weighted by atomic mass is 10.0. The van der Waals surface area contributed by atoms with Gasteiger partial charge in [0.15, 0.2) is 0 Å². The Kier molecular flexibility index (Phi) is 6.09. The second kappa shape index (κ2) is 8.06. The number of rotatable bonds is 7. The highest BCUT2D eigenvalue weighted by atomic mass is 35.5. The quantitative estimate of drug-likeness (QED) is 0.795. The van der Waals surface area contributed by atoms with E-state index in [-0.39, 0.29) is 6.04 Å². The molecule has 3 heteroatoms. The molecule has 0 aliphatic carbocycles. The molecule has 0 fully saturated rings. The largest absolute Gasteiger partial charge is 0.494 e. The fourth-order valence-electron chi connectivity index (χ4n) is 2.33. The minimum atomic E-state index is 0.289. The van der Waals surface area contributed by atoms with Crippen molar-refractivity contribution in [3.63, 3.8) is 0 Å². The molecule has 2 rings (SSSR count). The number of halogens is 1. The molecule has 1 atom stereocenters. The van der Waals surface area contributed by atoms with Crippen LogP contribution in [0, 0.1) is 6.92 Å². The van der Waals surface area contributed by atoms with E-state index in [0.29, 0.717) is 6.61 Å². The predicted molar refractivity (Wildman–Crippen MR) is 89.2 cm³/mol. The molecule has 0 spiro atoms. The zero-order valence-electron chi connectivity index (χ0n) is 12.6. The number of hydrogen-bond acceptors (Lipinski definition) is 2. The maximum Gasteiger partial charge on any atom is 0.119 e. The van der Waals surface area contributed by atoms with Crippen LogP contribution in [0.3, 0.4) is 0 Å². The molecule has 0 aliphatic heterocycles. The molecule has 112 valence electrons. The van der Waals surface area contributed by atoms with Crippen molar-refractivity contribution in [3.8, 4) is 5.75 Å². The summed E-state index contributed by atoms with van der Waals surface area (Å²) < 4.78 is 5.84. The Morgan fingerprint density at radius 3 is 2.57 bits per heavy atom. The molecule has 1 N–H and O–H groups in total. The highest BCUT2D eigenvalue weighted by Crippen LogP contribution is 2.20. The standard InChI is InChI=1S/C18H22ClNO/c1-3-20-18(15-7-9-16(19)10-8-15)11-12-21-17-6-4-5-14(2)13-17/h4-10,13,18,20H,3,11-12H2,1-2H3. The van der Waals surface area contributed by atoms with Crippen LogP contribution in [0.25, 0.3) is 0 Å². The van der Waals surface area contributed by atoms with Gasteiger partial charge >= 0.3 is 0 Å². The van der Waals surface area contributed by atoms with E-state index in [2.05, 4.69) is 43.4 Å². The Morgan fingerprint density at radius 1 is 1.14 bits per heavy atom. The Morgan fingerprint density at radius 2 is 1.90 bits per heavy atom. The van der Waals surface area contributed by atoms with Gasteiger partial charge in [-0.1, -0.05) is 42.8 Å². The fourth-order valence-corrected chi connectivity index (χ4v) is 2.45. The summed E-state index contributed by atoms with van der Waals surface area (Å²) in [4.78, 5) is 0. The smallest absolute Gasteiger partial charge is 0.119 e. The van der Waals surface area contributed by atoms with Crippen molar-refractivity contribution in [3.05, 3.63) is 64.7 Å². The van der Waals surface area contributed by atoms with Gasteiger partial charge in [-0.2, -0.15) is 0 Å². The summed E-state index contributed by atoms with van der Waals surface area (Å²) in [6, 6.07) is 16.4. The topological polar surface area (TPSA) is 21.3 Å². The maximum absolute atomic E-state index is 5.95. The molecule has 2 nitrogen and oxygen atoms in total. The van der Waals surface area contributed by atoms with Crippen LogP contribution in [0.5, 0.6) is 5.75 Å². The van der Waals surface area contributed by atoms with Crippen LogP contribution in [0.4, 0.5) is 0 Å². The Balaban J connectivity index is 1.92. The Labute approximate surface area is 132 Å². The van der Waals surface area contributed by atoms with Gasteiger partial charge < -0.3 is 10.1 Å². The van der Waals surface area contributed by atoms with Crippen molar-refractivity contribution in [2.45, 2.75) is 26.3 Å². The highest BCUT2D eigenvalue weighted by Gasteiger charge is 2.10. The molecule has 0 radical (unpaired) electrons. The van der Waals surface area contributed by atoms with E-state index >= 15 is 0 Å². The summed E-state index contributed by atoms with van der Waals surface area (Å²) in [5.74, 6) is 0.932. The van der Waals surface area contributed by atoms with Crippen LogP contribution in [-0.4, -0.2) is 13.2 Å². The number of hydrogen-bond donors (Lipinski definition) is 1. The van der Waals surface area contributed by atoms with E-state index in [0.717, 1.165) is 23.7 Å². The second-order valence-corrected chi connectivity index (χ2v) is 5.55. The van der Waals surface area contributed by atoms with Crippen LogP contribution in [0.15, 0.2) is 48.5 Å². The summed E-state index contributed by atoms with van der Waals surface area (Å²) in [5, 5.41) is 4.26. The minimum absolute atomic E-state index is 0.289. The van der Waals surface area contributed by atoms with Crippen molar-refractivity contribution < 1.29 is 4.74 Å². The number of aryl methyl sites for hydroxylation is 1. The first-order valence-corrected chi connectivity index (χ1v) is 7.75. The third-order valence-corrected chi connectivity index (χ3v) is 3.64. The normalized spacial score (nSPS) is 12.1. The SMILES string of the molecule is CCNC(CCOc1cccc(C)c1)c1ccc(Cl)cc1. The molecule has 0 saturated carbocycles. The molecule has 0 aromatic heterocycles. The third kappa shape index (κ3) is 5.07. The van der Waals surface area contributed by atoms with Crippen LogP contribution in [0.1, 0.15) is 30.5 Å². The molecular weight excluding hydrogens is 282 g/mol. The van der Waals surface area contributed by atoms with Gasteiger partial charge in [-0.25, -0.2) is 0 Å². The summed E-state index contributed by atoms with van der Waals surface area (Å²) in [5.41, 5.74) is 2.46. The van der Waals surface area contributed by atoms with Gasteiger partial charge in [0.2, 0.25) is 0 Å². The molecule has 2 aromatic rings. The van der Waals surface area contributed by atoms with Crippen molar-refractivity contribution >= 4 is 11.6 Å². The zero-order chi connectivity index (χ0) is 15.1. The third-order valence-electron chi connectivity index (χ3n) is 3.39. The van der Waals surface area contributed by atoms with Crippen LogP contribution in [-0.2, 0) is 0 Å². The zero-order valence-corrected chi connectivity index (χ0v) is 13.4. The summed E-state index contributed by atoms with van der Waals surface area (Å²) in [7, 11) is 0.